The molecule has 0 atom stereocenters. The zero-order valence-electron chi connectivity index (χ0n) is 13.8. The number of rotatable bonds is 3. The van der Waals surface area contributed by atoms with Crippen molar-refractivity contribution in [3.8, 4) is 0 Å². The first-order valence-electron chi connectivity index (χ1n) is 7.96. The maximum Gasteiger partial charge on any atom is 0.278 e. The van der Waals surface area contributed by atoms with Crippen molar-refractivity contribution in [3.05, 3.63) is 40.8 Å². The molecule has 0 fully saturated rings. The molecule has 24 heavy (non-hydrogen) atoms. The normalized spacial score (nSPS) is 14.8. The number of aromatic nitrogens is 1. The molecule has 0 aliphatic heterocycles. The van der Waals surface area contributed by atoms with E-state index in [-0.39, 0.29) is 10.8 Å². The molecule has 0 spiro atoms. The minimum atomic E-state index is -3.28. The van der Waals surface area contributed by atoms with Crippen molar-refractivity contribution < 1.29 is 17.7 Å². The van der Waals surface area contributed by atoms with Crippen LogP contribution in [0, 0.1) is 6.92 Å². The molecule has 1 aromatic heterocycles. The molecule has 2 aromatic rings. The predicted octanol–water partition coefficient (Wildman–Crippen LogP) is 2.91. The number of carbonyl (C=O) groups is 1. The molecular formula is C17H20N2O4S. The summed E-state index contributed by atoms with van der Waals surface area (Å²) < 4.78 is 28.6. The Hall–Kier alpha value is -2.15. The summed E-state index contributed by atoms with van der Waals surface area (Å²) in [5.41, 5.74) is 2.36. The average molecular weight is 348 g/mol. The van der Waals surface area contributed by atoms with Crippen molar-refractivity contribution >= 4 is 21.4 Å². The third-order valence-corrected chi connectivity index (χ3v) is 5.50. The van der Waals surface area contributed by atoms with Gasteiger partial charge in [-0.05, 0) is 49.9 Å². The van der Waals surface area contributed by atoms with Crippen molar-refractivity contribution in [1.29, 1.82) is 0 Å². The second-order valence-corrected chi connectivity index (χ2v) is 8.18. The summed E-state index contributed by atoms with van der Waals surface area (Å²) >= 11 is 0. The van der Waals surface area contributed by atoms with Crippen LogP contribution >= 0.6 is 0 Å². The first-order valence-corrected chi connectivity index (χ1v) is 9.85. The predicted molar refractivity (Wildman–Crippen MR) is 90.0 cm³/mol. The number of anilines is 1. The molecular weight excluding hydrogens is 328 g/mol. The fraction of sp³-hybridized carbons (Fsp3) is 0.412. The smallest absolute Gasteiger partial charge is 0.278 e. The highest BCUT2D eigenvalue weighted by atomic mass is 32.2. The molecule has 1 amide bonds. The summed E-state index contributed by atoms with van der Waals surface area (Å²) in [7, 11) is -3.28. The van der Waals surface area contributed by atoms with Crippen LogP contribution in [-0.2, 0) is 22.7 Å². The first kappa shape index (κ1) is 16.7. The Morgan fingerprint density at radius 3 is 2.67 bits per heavy atom. The minimum Gasteiger partial charge on any atom is -0.360 e. The molecule has 1 aromatic carbocycles. The molecule has 0 unspecified atom stereocenters. The summed E-state index contributed by atoms with van der Waals surface area (Å²) in [5, 5.41) is 6.71. The van der Waals surface area contributed by atoms with Crippen LogP contribution in [0.2, 0.25) is 0 Å². The highest BCUT2D eigenvalue weighted by molar-refractivity contribution is 7.90. The van der Waals surface area contributed by atoms with Crippen molar-refractivity contribution in [2.45, 2.75) is 43.9 Å². The molecule has 0 bridgehead atoms. The summed E-state index contributed by atoms with van der Waals surface area (Å²) in [6, 6.07) is 4.73. The lowest BCUT2D eigenvalue weighted by molar-refractivity contribution is 0.101. The molecule has 6 nitrogen and oxygen atoms in total. The second kappa shape index (κ2) is 6.39. The van der Waals surface area contributed by atoms with Gasteiger partial charge < -0.3 is 9.84 Å². The van der Waals surface area contributed by atoms with Gasteiger partial charge in [0.2, 0.25) is 0 Å². The minimum absolute atomic E-state index is 0.260. The van der Waals surface area contributed by atoms with E-state index in [0.29, 0.717) is 16.9 Å². The van der Waals surface area contributed by atoms with Gasteiger partial charge in [-0.15, -0.1) is 0 Å². The van der Waals surface area contributed by atoms with Crippen molar-refractivity contribution in [1.82, 2.24) is 5.16 Å². The van der Waals surface area contributed by atoms with Crippen LogP contribution in [0.15, 0.2) is 27.6 Å². The summed E-state index contributed by atoms with van der Waals surface area (Å²) in [6.45, 7) is 1.70. The molecule has 1 aliphatic rings. The van der Waals surface area contributed by atoms with E-state index in [2.05, 4.69) is 10.5 Å². The van der Waals surface area contributed by atoms with Gasteiger partial charge in [0, 0.05) is 23.9 Å². The van der Waals surface area contributed by atoms with E-state index < -0.39 is 9.84 Å². The third-order valence-electron chi connectivity index (χ3n) is 4.25. The molecule has 7 heteroatoms. The lowest BCUT2D eigenvalue weighted by atomic mass is 10.1. The molecule has 0 radical (unpaired) electrons. The van der Waals surface area contributed by atoms with Crippen LogP contribution in [0.3, 0.4) is 0 Å². The zero-order chi connectivity index (χ0) is 17.3. The number of hydrogen-bond acceptors (Lipinski definition) is 5. The molecule has 0 saturated carbocycles. The van der Waals surface area contributed by atoms with Gasteiger partial charge in [-0.25, -0.2) is 8.42 Å². The average Bonchev–Trinajstić information content (AvgIpc) is 2.75. The maximum atomic E-state index is 12.5. The topological polar surface area (TPSA) is 89.3 Å². The fourth-order valence-electron chi connectivity index (χ4n) is 3.07. The highest BCUT2D eigenvalue weighted by Gasteiger charge is 2.23. The van der Waals surface area contributed by atoms with E-state index in [1.807, 2.05) is 0 Å². The van der Waals surface area contributed by atoms with Crippen LogP contribution in [0.1, 0.15) is 46.6 Å². The Bertz CT molecular complexity index is 884. The van der Waals surface area contributed by atoms with Crippen LogP contribution < -0.4 is 5.32 Å². The summed E-state index contributed by atoms with van der Waals surface area (Å²) in [4.78, 5) is 12.8. The van der Waals surface area contributed by atoms with Gasteiger partial charge in [0.15, 0.2) is 15.5 Å². The maximum absolute atomic E-state index is 12.5. The number of benzene rings is 1. The standard InChI is InChI=1S/C17H20N2O4S/c1-11-10-12(8-9-15(11)24(2,21)22)18-17(20)16-13-6-4-3-5-7-14(13)23-19-16/h8-10H,3-7H2,1-2H3,(H,18,20). The Balaban J connectivity index is 1.83. The number of amides is 1. The highest BCUT2D eigenvalue weighted by Crippen LogP contribution is 2.25. The largest absolute Gasteiger partial charge is 0.360 e. The van der Waals surface area contributed by atoms with Crippen LogP contribution in [0.4, 0.5) is 5.69 Å². The molecule has 1 N–H and O–H groups in total. The lowest BCUT2D eigenvalue weighted by Crippen LogP contribution is -2.15. The Morgan fingerprint density at radius 2 is 1.96 bits per heavy atom. The van der Waals surface area contributed by atoms with E-state index in [1.165, 1.54) is 6.07 Å². The monoisotopic (exact) mass is 348 g/mol. The molecule has 128 valence electrons. The summed E-state index contributed by atoms with van der Waals surface area (Å²) in [6.07, 6.45) is 5.98. The Kier molecular flexibility index (Phi) is 4.45. The molecule has 3 rings (SSSR count). The van der Waals surface area contributed by atoms with Crippen LogP contribution in [-0.4, -0.2) is 25.7 Å². The SMILES string of the molecule is Cc1cc(NC(=O)c2noc3c2CCCCC3)ccc1S(C)(=O)=O. The third kappa shape index (κ3) is 3.36. The van der Waals surface area contributed by atoms with Gasteiger partial charge in [-0.1, -0.05) is 11.6 Å². The molecule has 1 aliphatic carbocycles. The van der Waals surface area contributed by atoms with E-state index in [1.54, 1.807) is 19.1 Å². The number of fused-ring (bicyclic) bond motifs is 1. The van der Waals surface area contributed by atoms with Crippen molar-refractivity contribution in [2.75, 3.05) is 11.6 Å². The fourth-order valence-corrected chi connectivity index (χ4v) is 4.03. The second-order valence-electron chi connectivity index (χ2n) is 6.20. The zero-order valence-corrected chi connectivity index (χ0v) is 14.6. The van der Waals surface area contributed by atoms with E-state index in [4.69, 9.17) is 4.52 Å². The molecule has 0 saturated heterocycles. The number of hydrogen-bond donors (Lipinski definition) is 1. The quantitative estimate of drug-likeness (QED) is 0.862. The van der Waals surface area contributed by atoms with E-state index >= 15 is 0 Å². The van der Waals surface area contributed by atoms with Crippen molar-refractivity contribution in [2.24, 2.45) is 0 Å². The van der Waals surface area contributed by atoms with Crippen LogP contribution in [0.5, 0.6) is 0 Å². The number of nitrogens with one attached hydrogen (secondary N) is 1. The number of aryl methyl sites for hydroxylation is 2. The first-order chi connectivity index (χ1) is 11.4. The Labute approximate surface area is 141 Å². The van der Waals surface area contributed by atoms with Gasteiger partial charge in [-0.3, -0.25) is 4.79 Å². The van der Waals surface area contributed by atoms with E-state index in [0.717, 1.165) is 49.7 Å². The van der Waals surface area contributed by atoms with Gasteiger partial charge in [-0.2, -0.15) is 0 Å². The van der Waals surface area contributed by atoms with Gasteiger partial charge in [0.1, 0.15) is 5.76 Å². The summed E-state index contributed by atoms with van der Waals surface area (Å²) in [5.74, 6) is 0.481. The van der Waals surface area contributed by atoms with Crippen molar-refractivity contribution in [3.63, 3.8) is 0 Å². The number of nitrogens with zero attached hydrogens (tertiary/aromatic N) is 1. The van der Waals surface area contributed by atoms with Gasteiger partial charge in [0.05, 0.1) is 4.90 Å². The lowest BCUT2D eigenvalue weighted by Gasteiger charge is -2.08. The van der Waals surface area contributed by atoms with Crippen LogP contribution in [0.25, 0.3) is 0 Å². The Morgan fingerprint density at radius 1 is 1.21 bits per heavy atom. The number of carbonyl (C=O) groups excluding carboxylic acids is 1. The van der Waals surface area contributed by atoms with Gasteiger partial charge >= 0.3 is 0 Å². The van der Waals surface area contributed by atoms with Gasteiger partial charge in [0.25, 0.3) is 5.91 Å². The molecule has 1 heterocycles. The number of sulfone groups is 1. The van der Waals surface area contributed by atoms with E-state index in [9.17, 15) is 13.2 Å².